The summed E-state index contributed by atoms with van der Waals surface area (Å²) in [5, 5.41) is 5.56. The largest absolute Gasteiger partial charge is 0.350 e. The fraction of sp³-hybridized carbons (Fsp3) is 0.440. The highest BCUT2D eigenvalue weighted by molar-refractivity contribution is 5.96. The van der Waals surface area contributed by atoms with Gasteiger partial charge in [0.2, 0.25) is 5.91 Å². The minimum absolute atomic E-state index is 0.0290. The van der Waals surface area contributed by atoms with Gasteiger partial charge in [-0.1, -0.05) is 43.2 Å². The summed E-state index contributed by atoms with van der Waals surface area (Å²) in [5.74, 6) is -0.424. The fourth-order valence-electron chi connectivity index (χ4n) is 3.72. The van der Waals surface area contributed by atoms with Crippen molar-refractivity contribution < 1.29 is 9.59 Å². The average Bonchev–Trinajstić information content (AvgIpc) is 3.02. The van der Waals surface area contributed by atoms with E-state index in [4.69, 9.17) is 0 Å². The number of hydrogen-bond acceptors (Lipinski definition) is 3. The third-order valence-corrected chi connectivity index (χ3v) is 5.80. The molecule has 5 heteroatoms. The molecule has 30 heavy (non-hydrogen) atoms. The summed E-state index contributed by atoms with van der Waals surface area (Å²) < 4.78 is 0. The molecule has 3 rings (SSSR count). The van der Waals surface area contributed by atoms with Crippen molar-refractivity contribution in [3.05, 3.63) is 70.3 Å². The molecule has 0 unspecified atom stereocenters. The maximum atomic E-state index is 12.2. The minimum atomic E-state index is -0.230. The van der Waals surface area contributed by atoms with Gasteiger partial charge in [0.25, 0.3) is 5.91 Å². The Bertz CT molecular complexity index is 853. The first-order valence-corrected chi connectivity index (χ1v) is 10.9. The van der Waals surface area contributed by atoms with Gasteiger partial charge in [-0.3, -0.25) is 14.5 Å². The highest BCUT2D eigenvalue weighted by Crippen LogP contribution is 2.14. The first-order valence-electron chi connectivity index (χ1n) is 10.9. The number of hydrogen-bond donors (Lipinski definition) is 2. The van der Waals surface area contributed by atoms with E-state index in [0.717, 1.165) is 23.2 Å². The second kappa shape index (κ2) is 10.9. The smallest absolute Gasteiger partial charge is 0.251 e. The monoisotopic (exact) mass is 407 g/mol. The van der Waals surface area contributed by atoms with Crippen LogP contribution < -0.4 is 10.6 Å². The molecule has 160 valence electrons. The van der Waals surface area contributed by atoms with E-state index in [1.54, 1.807) is 6.07 Å². The van der Waals surface area contributed by atoms with Crippen LogP contribution in [-0.2, 0) is 17.9 Å². The van der Waals surface area contributed by atoms with Crippen LogP contribution in [0, 0.1) is 13.8 Å². The standard InChI is InChI=1S/C25H33N3O2/c1-19-7-12-23(15-20(19)2)25(30)27-17-24(29)26-16-21-8-10-22(11-9-21)18-28-13-5-3-4-6-14-28/h7-12,15H,3-6,13-14,16-18H2,1-2H3,(H,26,29)(H,27,30). The molecule has 0 aromatic heterocycles. The van der Waals surface area contributed by atoms with E-state index in [2.05, 4.69) is 39.8 Å². The first-order chi connectivity index (χ1) is 14.5. The van der Waals surface area contributed by atoms with Gasteiger partial charge in [0.05, 0.1) is 6.54 Å². The predicted octanol–water partition coefficient (Wildman–Crippen LogP) is 3.73. The number of nitrogens with one attached hydrogen (secondary N) is 2. The summed E-state index contributed by atoms with van der Waals surface area (Å²) >= 11 is 0. The Kier molecular flexibility index (Phi) is 8.03. The number of carbonyl (C=O) groups is 2. The van der Waals surface area contributed by atoms with Gasteiger partial charge in [-0.15, -0.1) is 0 Å². The molecule has 1 heterocycles. The van der Waals surface area contributed by atoms with Crippen LogP contribution in [0.15, 0.2) is 42.5 Å². The lowest BCUT2D eigenvalue weighted by atomic mass is 10.1. The molecule has 0 atom stereocenters. The van der Waals surface area contributed by atoms with Crippen molar-refractivity contribution in [1.29, 1.82) is 0 Å². The lowest BCUT2D eigenvalue weighted by molar-refractivity contribution is -0.120. The van der Waals surface area contributed by atoms with E-state index in [-0.39, 0.29) is 18.4 Å². The van der Waals surface area contributed by atoms with Gasteiger partial charge in [-0.25, -0.2) is 0 Å². The molecule has 0 radical (unpaired) electrons. The van der Waals surface area contributed by atoms with Gasteiger partial charge in [0, 0.05) is 18.7 Å². The number of likely N-dealkylation sites (tertiary alicyclic amines) is 1. The Hall–Kier alpha value is -2.66. The molecule has 1 fully saturated rings. The van der Waals surface area contributed by atoms with Crippen molar-refractivity contribution >= 4 is 11.8 Å². The lowest BCUT2D eigenvalue weighted by Crippen LogP contribution is -2.36. The SMILES string of the molecule is Cc1ccc(C(=O)NCC(=O)NCc2ccc(CN3CCCCCC3)cc2)cc1C. The van der Waals surface area contributed by atoms with Crippen LogP contribution in [0.4, 0.5) is 0 Å². The molecule has 0 aliphatic carbocycles. The van der Waals surface area contributed by atoms with E-state index in [0.29, 0.717) is 12.1 Å². The quantitative estimate of drug-likeness (QED) is 0.735. The van der Waals surface area contributed by atoms with Gasteiger partial charge in [0.1, 0.15) is 0 Å². The van der Waals surface area contributed by atoms with Crippen molar-refractivity contribution in [3.8, 4) is 0 Å². The van der Waals surface area contributed by atoms with Gasteiger partial charge < -0.3 is 10.6 Å². The van der Waals surface area contributed by atoms with Crippen LogP contribution >= 0.6 is 0 Å². The summed E-state index contributed by atoms with van der Waals surface area (Å²) in [6.07, 6.45) is 5.29. The third kappa shape index (κ3) is 6.70. The Morgan fingerprint density at radius 2 is 1.50 bits per heavy atom. The number of rotatable bonds is 7. The second-order valence-corrected chi connectivity index (χ2v) is 8.27. The molecule has 0 bridgehead atoms. The molecular formula is C25H33N3O2. The molecule has 0 spiro atoms. The topological polar surface area (TPSA) is 61.4 Å². The van der Waals surface area contributed by atoms with Crippen LogP contribution in [-0.4, -0.2) is 36.3 Å². The molecular weight excluding hydrogens is 374 g/mol. The van der Waals surface area contributed by atoms with Crippen LogP contribution in [0.2, 0.25) is 0 Å². The van der Waals surface area contributed by atoms with E-state index >= 15 is 0 Å². The van der Waals surface area contributed by atoms with Gasteiger partial charge in [0.15, 0.2) is 0 Å². The Morgan fingerprint density at radius 1 is 0.833 bits per heavy atom. The maximum absolute atomic E-state index is 12.2. The van der Waals surface area contributed by atoms with E-state index in [1.807, 2.05) is 26.0 Å². The predicted molar refractivity (Wildman–Crippen MR) is 120 cm³/mol. The normalized spacial score (nSPS) is 14.7. The zero-order valence-electron chi connectivity index (χ0n) is 18.2. The molecule has 1 aliphatic rings. The molecule has 2 amide bonds. The number of carbonyl (C=O) groups excluding carboxylic acids is 2. The van der Waals surface area contributed by atoms with Gasteiger partial charge in [-0.05, 0) is 74.2 Å². The number of amides is 2. The zero-order valence-corrected chi connectivity index (χ0v) is 18.2. The summed E-state index contributed by atoms with van der Waals surface area (Å²) in [6, 6.07) is 14.0. The number of benzene rings is 2. The summed E-state index contributed by atoms with van der Waals surface area (Å²) in [4.78, 5) is 26.8. The summed E-state index contributed by atoms with van der Waals surface area (Å²) in [6.45, 7) is 7.78. The van der Waals surface area contributed by atoms with Crippen molar-refractivity contribution in [2.24, 2.45) is 0 Å². The fourth-order valence-corrected chi connectivity index (χ4v) is 3.72. The molecule has 2 N–H and O–H groups in total. The van der Waals surface area contributed by atoms with Crippen LogP contribution in [0.1, 0.15) is 58.3 Å². The van der Waals surface area contributed by atoms with Gasteiger partial charge >= 0.3 is 0 Å². The van der Waals surface area contributed by atoms with E-state index in [1.165, 1.54) is 44.3 Å². The third-order valence-electron chi connectivity index (χ3n) is 5.80. The molecule has 1 saturated heterocycles. The molecule has 0 saturated carbocycles. The lowest BCUT2D eigenvalue weighted by Gasteiger charge is -2.19. The van der Waals surface area contributed by atoms with E-state index < -0.39 is 0 Å². The average molecular weight is 408 g/mol. The number of aryl methyl sites for hydroxylation is 2. The highest BCUT2D eigenvalue weighted by Gasteiger charge is 2.10. The van der Waals surface area contributed by atoms with Crippen molar-refractivity contribution in [2.45, 2.75) is 52.6 Å². The molecule has 2 aromatic rings. The van der Waals surface area contributed by atoms with E-state index in [9.17, 15) is 9.59 Å². The zero-order chi connectivity index (χ0) is 21.3. The molecule has 2 aromatic carbocycles. The summed E-state index contributed by atoms with van der Waals surface area (Å²) in [7, 11) is 0. The Balaban J connectivity index is 1.40. The van der Waals surface area contributed by atoms with Crippen molar-refractivity contribution in [1.82, 2.24) is 15.5 Å². The van der Waals surface area contributed by atoms with Crippen molar-refractivity contribution in [3.63, 3.8) is 0 Å². The maximum Gasteiger partial charge on any atom is 0.251 e. The summed E-state index contributed by atoms with van der Waals surface area (Å²) in [5.41, 5.74) is 5.15. The minimum Gasteiger partial charge on any atom is -0.350 e. The second-order valence-electron chi connectivity index (χ2n) is 8.27. The van der Waals surface area contributed by atoms with Crippen LogP contribution in [0.25, 0.3) is 0 Å². The highest BCUT2D eigenvalue weighted by atomic mass is 16.2. The Labute approximate surface area is 179 Å². The van der Waals surface area contributed by atoms with Crippen LogP contribution in [0.3, 0.4) is 0 Å². The molecule has 1 aliphatic heterocycles. The van der Waals surface area contributed by atoms with Crippen LogP contribution in [0.5, 0.6) is 0 Å². The van der Waals surface area contributed by atoms with Crippen molar-refractivity contribution in [2.75, 3.05) is 19.6 Å². The number of nitrogens with zero attached hydrogens (tertiary/aromatic N) is 1. The Morgan fingerprint density at radius 3 is 2.17 bits per heavy atom. The first kappa shape index (κ1) is 22.0. The molecule has 5 nitrogen and oxygen atoms in total. The van der Waals surface area contributed by atoms with Gasteiger partial charge in [-0.2, -0.15) is 0 Å².